The SMILES string of the molecule is CCCOCCOC(C)C(N)=S. The van der Waals surface area contributed by atoms with E-state index in [0.29, 0.717) is 18.2 Å². The van der Waals surface area contributed by atoms with Crippen LogP contribution in [-0.2, 0) is 9.47 Å². The van der Waals surface area contributed by atoms with Crippen LogP contribution in [0, 0.1) is 0 Å². The molecule has 0 saturated carbocycles. The first-order valence-corrected chi connectivity index (χ1v) is 4.58. The van der Waals surface area contributed by atoms with Crippen molar-refractivity contribution in [3.8, 4) is 0 Å². The van der Waals surface area contributed by atoms with Gasteiger partial charge < -0.3 is 15.2 Å². The van der Waals surface area contributed by atoms with E-state index < -0.39 is 0 Å². The van der Waals surface area contributed by atoms with Crippen molar-refractivity contribution in [2.75, 3.05) is 19.8 Å². The van der Waals surface area contributed by atoms with E-state index in [9.17, 15) is 0 Å². The normalized spacial score (nSPS) is 12.8. The second-order valence-corrected chi connectivity index (χ2v) is 3.00. The van der Waals surface area contributed by atoms with Gasteiger partial charge in [-0.2, -0.15) is 0 Å². The summed E-state index contributed by atoms with van der Waals surface area (Å²) >= 11 is 4.73. The predicted molar refractivity (Wildman–Crippen MR) is 53.3 cm³/mol. The minimum Gasteiger partial charge on any atom is -0.391 e. The summed E-state index contributed by atoms with van der Waals surface area (Å²) in [5.74, 6) is 0. The molecule has 12 heavy (non-hydrogen) atoms. The summed E-state index contributed by atoms with van der Waals surface area (Å²) < 4.78 is 10.5. The molecule has 0 amide bonds. The Morgan fingerprint density at radius 1 is 1.42 bits per heavy atom. The molecular weight excluding hydrogens is 174 g/mol. The Labute approximate surface area is 79.2 Å². The lowest BCUT2D eigenvalue weighted by Crippen LogP contribution is -2.27. The Kier molecular flexibility index (Phi) is 7.34. The van der Waals surface area contributed by atoms with Gasteiger partial charge in [0.2, 0.25) is 0 Å². The summed E-state index contributed by atoms with van der Waals surface area (Å²) in [6.07, 6.45) is 0.885. The Hall–Kier alpha value is -0.190. The number of ether oxygens (including phenoxy) is 2. The number of hydrogen-bond acceptors (Lipinski definition) is 3. The molecule has 0 radical (unpaired) electrons. The third-order valence-electron chi connectivity index (χ3n) is 1.34. The minimum absolute atomic E-state index is 0.148. The van der Waals surface area contributed by atoms with Gasteiger partial charge in [-0.25, -0.2) is 0 Å². The fourth-order valence-electron chi connectivity index (χ4n) is 0.612. The maximum Gasteiger partial charge on any atom is 0.105 e. The molecule has 0 saturated heterocycles. The number of hydrogen-bond donors (Lipinski definition) is 1. The monoisotopic (exact) mass is 191 g/mol. The largest absolute Gasteiger partial charge is 0.391 e. The quantitative estimate of drug-likeness (QED) is 0.483. The van der Waals surface area contributed by atoms with E-state index in [1.165, 1.54) is 0 Å². The summed E-state index contributed by atoms with van der Waals surface area (Å²) in [5, 5.41) is 0. The first-order valence-electron chi connectivity index (χ1n) is 4.17. The predicted octanol–water partition coefficient (Wildman–Crippen LogP) is 1.10. The third kappa shape index (κ3) is 6.52. The molecule has 0 aliphatic rings. The molecule has 3 nitrogen and oxygen atoms in total. The van der Waals surface area contributed by atoms with E-state index in [1.54, 1.807) is 0 Å². The average Bonchev–Trinajstić information content (AvgIpc) is 2.03. The van der Waals surface area contributed by atoms with Crippen molar-refractivity contribution >= 4 is 17.2 Å². The van der Waals surface area contributed by atoms with Gasteiger partial charge in [-0.05, 0) is 13.3 Å². The molecule has 1 unspecified atom stereocenters. The molecule has 72 valence electrons. The molecular formula is C8H17NO2S. The van der Waals surface area contributed by atoms with E-state index in [1.807, 2.05) is 6.92 Å². The van der Waals surface area contributed by atoms with Crippen molar-refractivity contribution in [3.63, 3.8) is 0 Å². The van der Waals surface area contributed by atoms with Gasteiger partial charge in [0.25, 0.3) is 0 Å². The van der Waals surface area contributed by atoms with Gasteiger partial charge in [-0.3, -0.25) is 0 Å². The summed E-state index contributed by atoms with van der Waals surface area (Å²) in [6, 6.07) is 0. The van der Waals surface area contributed by atoms with E-state index in [-0.39, 0.29) is 6.10 Å². The molecule has 0 rings (SSSR count). The van der Waals surface area contributed by atoms with Crippen LogP contribution in [0.2, 0.25) is 0 Å². The van der Waals surface area contributed by atoms with Crippen LogP contribution >= 0.6 is 12.2 Å². The Bertz CT molecular complexity index is 130. The van der Waals surface area contributed by atoms with Crippen molar-refractivity contribution in [2.45, 2.75) is 26.4 Å². The van der Waals surface area contributed by atoms with E-state index >= 15 is 0 Å². The first-order chi connectivity index (χ1) is 5.68. The molecule has 0 aliphatic carbocycles. The zero-order valence-electron chi connectivity index (χ0n) is 7.71. The molecule has 0 aromatic rings. The Morgan fingerprint density at radius 3 is 2.58 bits per heavy atom. The van der Waals surface area contributed by atoms with Gasteiger partial charge in [-0.1, -0.05) is 19.1 Å². The topological polar surface area (TPSA) is 44.5 Å². The van der Waals surface area contributed by atoms with Crippen LogP contribution in [0.15, 0.2) is 0 Å². The smallest absolute Gasteiger partial charge is 0.105 e. The lowest BCUT2D eigenvalue weighted by atomic mass is 10.4. The molecule has 0 heterocycles. The van der Waals surface area contributed by atoms with Gasteiger partial charge in [0.15, 0.2) is 0 Å². The van der Waals surface area contributed by atoms with E-state index in [2.05, 4.69) is 6.92 Å². The highest BCUT2D eigenvalue weighted by atomic mass is 32.1. The molecule has 0 bridgehead atoms. The van der Waals surface area contributed by atoms with Crippen LogP contribution in [0.4, 0.5) is 0 Å². The number of rotatable bonds is 7. The lowest BCUT2D eigenvalue weighted by Gasteiger charge is -2.10. The Balaban J connectivity index is 3.14. The molecule has 2 N–H and O–H groups in total. The van der Waals surface area contributed by atoms with Gasteiger partial charge >= 0.3 is 0 Å². The summed E-state index contributed by atoms with van der Waals surface area (Å²) in [7, 11) is 0. The highest BCUT2D eigenvalue weighted by Gasteiger charge is 2.03. The first kappa shape index (κ1) is 11.8. The van der Waals surface area contributed by atoms with Gasteiger partial charge in [0, 0.05) is 6.61 Å². The fourth-order valence-corrected chi connectivity index (χ4v) is 0.680. The van der Waals surface area contributed by atoms with Gasteiger partial charge in [0.1, 0.15) is 11.1 Å². The minimum atomic E-state index is -0.148. The molecule has 0 spiro atoms. The standard InChI is InChI=1S/C8H17NO2S/c1-3-4-10-5-6-11-7(2)8(9)12/h7H,3-6H2,1-2H3,(H2,9,12). The van der Waals surface area contributed by atoms with Gasteiger partial charge in [0.05, 0.1) is 13.2 Å². The van der Waals surface area contributed by atoms with Crippen molar-refractivity contribution in [2.24, 2.45) is 5.73 Å². The highest BCUT2D eigenvalue weighted by Crippen LogP contribution is 1.90. The molecule has 4 heteroatoms. The lowest BCUT2D eigenvalue weighted by molar-refractivity contribution is 0.0363. The van der Waals surface area contributed by atoms with Crippen molar-refractivity contribution in [1.29, 1.82) is 0 Å². The third-order valence-corrected chi connectivity index (χ3v) is 1.68. The number of thiocarbonyl (C=S) groups is 1. The molecule has 1 atom stereocenters. The van der Waals surface area contributed by atoms with Crippen LogP contribution in [0.25, 0.3) is 0 Å². The summed E-state index contributed by atoms with van der Waals surface area (Å²) in [5.41, 5.74) is 5.34. The fraction of sp³-hybridized carbons (Fsp3) is 0.875. The van der Waals surface area contributed by atoms with E-state index in [0.717, 1.165) is 13.0 Å². The van der Waals surface area contributed by atoms with Crippen molar-refractivity contribution in [3.05, 3.63) is 0 Å². The van der Waals surface area contributed by atoms with Crippen molar-refractivity contribution < 1.29 is 9.47 Å². The zero-order valence-corrected chi connectivity index (χ0v) is 8.52. The van der Waals surface area contributed by atoms with Crippen LogP contribution in [0.1, 0.15) is 20.3 Å². The second kappa shape index (κ2) is 7.46. The zero-order chi connectivity index (χ0) is 9.40. The maximum atomic E-state index is 5.34. The summed E-state index contributed by atoms with van der Waals surface area (Å²) in [6.45, 7) is 5.85. The van der Waals surface area contributed by atoms with Crippen molar-refractivity contribution in [1.82, 2.24) is 0 Å². The second-order valence-electron chi connectivity index (χ2n) is 2.53. The molecule has 0 aliphatic heterocycles. The highest BCUT2D eigenvalue weighted by molar-refractivity contribution is 7.80. The van der Waals surface area contributed by atoms with Crippen LogP contribution in [0.3, 0.4) is 0 Å². The Morgan fingerprint density at radius 2 is 2.08 bits per heavy atom. The van der Waals surface area contributed by atoms with Gasteiger partial charge in [-0.15, -0.1) is 0 Å². The average molecular weight is 191 g/mol. The van der Waals surface area contributed by atoms with E-state index in [4.69, 9.17) is 27.4 Å². The molecule has 0 fully saturated rings. The summed E-state index contributed by atoms with van der Waals surface area (Å²) in [4.78, 5) is 0.394. The van der Waals surface area contributed by atoms with Crippen LogP contribution in [0.5, 0.6) is 0 Å². The maximum absolute atomic E-state index is 5.34. The number of nitrogens with two attached hydrogens (primary N) is 1. The molecule has 0 aromatic heterocycles. The van der Waals surface area contributed by atoms with Crippen LogP contribution in [-0.4, -0.2) is 30.9 Å². The molecule has 0 aromatic carbocycles. The van der Waals surface area contributed by atoms with Crippen LogP contribution < -0.4 is 5.73 Å².